The van der Waals surface area contributed by atoms with Crippen molar-refractivity contribution in [3.63, 3.8) is 0 Å². The summed E-state index contributed by atoms with van der Waals surface area (Å²) in [6.45, 7) is 13.4. The molecule has 0 radical (unpaired) electrons. The van der Waals surface area contributed by atoms with Crippen LogP contribution in [-0.4, -0.2) is 29.3 Å². The molecule has 1 heterocycles. The number of benzene rings is 2. The fourth-order valence-corrected chi connectivity index (χ4v) is 6.92. The van der Waals surface area contributed by atoms with Crippen molar-refractivity contribution in [1.29, 1.82) is 0 Å². The SMILES string of the molecule is C=C1CC(C)(C)Sc2ccc(C)cc2C=NC2CCCCC2N=Cc2cc(C)ccc2S1. The van der Waals surface area contributed by atoms with Crippen molar-refractivity contribution in [3.8, 4) is 0 Å². The van der Waals surface area contributed by atoms with Gasteiger partial charge in [-0.2, -0.15) is 0 Å². The smallest absolute Gasteiger partial charge is 0.0723 e. The zero-order valence-corrected chi connectivity index (χ0v) is 21.4. The molecule has 0 spiro atoms. The number of thioether (sulfide) groups is 2. The van der Waals surface area contributed by atoms with E-state index in [1.165, 1.54) is 49.8 Å². The minimum atomic E-state index is 0.0361. The second-order valence-corrected chi connectivity index (χ2v) is 12.7. The number of hydrogen-bond acceptors (Lipinski definition) is 4. The van der Waals surface area contributed by atoms with Gasteiger partial charge in [0.15, 0.2) is 0 Å². The minimum absolute atomic E-state index is 0.0361. The summed E-state index contributed by atoms with van der Waals surface area (Å²) in [5.74, 6) is 0. The van der Waals surface area contributed by atoms with Gasteiger partial charge in [0.05, 0.1) is 12.1 Å². The molecule has 0 saturated heterocycles. The molecule has 1 aliphatic carbocycles. The number of nitrogens with zero attached hydrogens (tertiary/aromatic N) is 2. The first kappa shape index (κ1) is 23.4. The first-order chi connectivity index (χ1) is 15.3. The summed E-state index contributed by atoms with van der Waals surface area (Å²) in [6, 6.07) is 13.9. The number of allylic oxidation sites excluding steroid dienone is 1. The van der Waals surface area contributed by atoms with E-state index in [-0.39, 0.29) is 16.8 Å². The third-order valence-corrected chi connectivity index (χ3v) is 8.41. The van der Waals surface area contributed by atoms with E-state index in [0.717, 1.165) is 19.3 Å². The summed E-state index contributed by atoms with van der Waals surface area (Å²) in [6.07, 6.45) is 9.85. The Balaban J connectivity index is 1.76. The Kier molecular flexibility index (Phi) is 7.31. The van der Waals surface area contributed by atoms with Crippen LogP contribution >= 0.6 is 23.5 Å². The summed E-state index contributed by atoms with van der Waals surface area (Å²) in [5, 5.41) is 0. The van der Waals surface area contributed by atoms with E-state index in [0.29, 0.717) is 0 Å². The summed E-state index contributed by atoms with van der Waals surface area (Å²) in [7, 11) is 0. The third-order valence-electron chi connectivity index (χ3n) is 6.10. The Hall–Kier alpha value is -1.78. The molecular formula is C28H34N2S2. The zero-order chi connectivity index (χ0) is 22.7. The highest BCUT2D eigenvalue weighted by molar-refractivity contribution is 8.03. The molecule has 0 N–H and O–H groups in total. The van der Waals surface area contributed by atoms with E-state index in [2.05, 4.69) is 83.1 Å². The van der Waals surface area contributed by atoms with Crippen LogP contribution in [0.3, 0.4) is 0 Å². The van der Waals surface area contributed by atoms with Crippen LogP contribution in [0.4, 0.5) is 0 Å². The largest absolute Gasteiger partial charge is 0.287 e. The second kappa shape index (κ2) is 10.0. The molecule has 4 heteroatoms. The van der Waals surface area contributed by atoms with Crippen molar-refractivity contribution in [2.45, 2.75) is 86.4 Å². The lowest BCUT2D eigenvalue weighted by Gasteiger charge is -2.26. The standard InChI is InChI=1S/C28H34N2S2/c1-19-10-12-26-22(14-19)17-29-24-8-6-7-9-25(24)30-18-23-15-20(2)11-13-27(23)32-28(4,5)16-21(3)31-26/h10-15,17-18,24-25H,3,6-9,16H2,1-2,4-5H3. The number of aliphatic imine (C=N–C) groups is 2. The highest BCUT2D eigenvalue weighted by atomic mass is 32.2. The predicted molar refractivity (Wildman–Crippen MR) is 143 cm³/mol. The first-order valence-electron chi connectivity index (χ1n) is 11.6. The van der Waals surface area contributed by atoms with Crippen LogP contribution in [0.2, 0.25) is 0 Å². The molecule has 2 aromatic rings. The van der Waals surface area contributed by atoms with E-state index in [4.69, 9.17) is 9.98 Å². The number of fused-ring (bicyclic) bond motifs is 3. The van der Waals surface area contributed by atoms with Crippen LogP contribution in [0.15, 0.2) is 67.7 Å². The highest BCUT2D eigenvalue weighted by Gasteiger charge is 2.25. The lowest BCUT2D eigenvalue weighted by Crippen LogP contribution is -2.27. The van der Waals surface area contributed by atoms with Crippen molar-refractivity contribution in [2.75, 3.05) is 0 Å². The molecule has 2 nitrogen and oxygen atoms in total. The quantitative estimate of drug-likeness (QED) is 0.396. The van der Waals surface area contributed by atoms with Crippen LogP contribution in [0.1, 0.15) is 68.2 Å². The number of aryl methyl sites for hydroxylation is 2. The van der Waals surface area contributed by atoms with Gasteiger partial charge in [0.1, 0.15) is 0 Å². The lowest BCUT2D eigenvalue weighted by molar-refractivity contribution is 0.390. The van der Waals surface area contributed by atoms with Gasteiger partial charge in [0.2, 0.25) is 0 Å². The molecule has 168 valence electrons. The van der Waals surface area contributed by atoms with Crippen LogP contribution in [0, 0.1) is 13.8 Å². The first-order valence-corrected chi connectivity index (χ1v) is 13.2. The Morgan fingerprint density at radius 3 is 1.97 bits per heavy atom. The van der Waals surface area contributed by atoms with E-state index in [1.807, 2.05) is 11.8 Å². The van der Waals surface area contributed by atoms with Crippen LogP contribution < -0.4 is 0 Å². The molecule has 1 fully saturated rings. The van der Waals surface area contributed by atoms with Crippen LogP contribution in [-0.2, 0) is 0 Å². The Morgan fingerprint density at radius 2 is 1.38 bits per heavy atom. The number of hydrogen-bond donors (Lipinski definition) is 0. The third kappa shape index (κ3) is 5.96. The maximum Gasteiger partial charge on any atom is 0.0723 e. The molecule has 2 unspecified atom stereocenters. The summed E-state index contributed by atoms with van der Waals surface area (Å²) in [5.41, 5.74) is 4.96. The van der Waals surface area contributed by atoms with Gasteiger partial charge in [-0.15, -0.1) is 11.8 Å². The molecule has 2 atom stereocenters. The van der Waals surface area contributed by atoms with Gasteiger partial charge in [0, 0.05) is 38.1 Å². The Morgan fingerprint density at radius 1 is 0.844 bits per heavy atom. The van der Waals surface area contributed by atoms with Crippen molar-refractivity contribution >= 4 is 36.0 Å². The topological polar surface area (TPSA) is 24.7 Å². The van der Waals surface area contributed by atoms with Gasteiger partial charge in [-0.3, -0.25) is 9.98 Å². The molecule has 2 aliphatic rings. The summed E-state index contributed by atoms with van der Waals surface area (Å²) >= 11 is 3.73. The zero-order valence-electron chi connectivity index (χ0n) is 19.7. The molecule has 0 aromatic heterocycles. The van der Waals surface area contributed by atoms with E-state index in [1.54, 1.807) is 11.8 Å². The average molecular weight is 463 g/mol. The summed E-state index contributed by atoms with van der Waals surface area (Å²) < 4.78 is 0.0361. The normalized spacial score (nSPS) is 23.4. The van der Waals surface area contributed by atoms with Crippen molar-refractivity contribution in [3.05, 3.63) is 70.1 Å². The molecule has 0 bridgehead atoms. The van der Waals surface area contributed by atoms with Gasteiger partial charge in [-0.1, -0.05) is 68.3 Å². The number of rotatable bonds is 0. The molecule has 4 rings (SSSR count). The average Bonchev–Trinajstić information content (AvgIpc) is 2.73. The van der Waals surface area contributed by atoms with Gasteiger partial charge in [-0.05, 0) is 62.3 Å². The monoisotopic (exact) mass is 462 g/mol. The lowest BCUT2D eigenvalue weighted by atomic mass is 9.91. The maximum absolute atomic E-state index is 5.10. The Bertz CT molecular complexity index is 1050. The minimum Gasteiger partial charge on any atom is -0.287 e. The Labute approximate surface area is 202 Å². The second-order valence-electron chi connectivity index (χ2n) is 9.74. The van der Waals surface area contributed by atoms with Gasteiger partial charge in [-0.25, -0.2) is 0 Å². The maximum atomic E-state index is 5.10. The predicted octanol–water partition coefficient (Wildman–Crippen LogP) is 8.03. The van der Waals surface area contributed by atoms with E-state index < -0.39 is 0 Å². The van der Waals surface area contributed by atoms with Gasteiger partial charge in [0.25, 0.3) is 0 Å². The fraction of sp³-hybridized carbons (Fsp3) is 0.429. The van der Waals surface area contributed by atoms with E-state index >= 15 is 0 Å². The van der Waals surface area contributed by atoms with Gasteiger partial charge >= 0.3 is 0 Å². The van der Waals surface area contributed by atoms with Crippen molar-refractivity contribution in [1.82, 2.24) is 0 Å². The van der Waals surface area contributed by atoms with Crippen LogP contribution in [0.25, 0.3) is 0 Å². The summed E-state index contributed by atoms with van der Waals surface area (Å²) in [4.78, 5) is 13.9. The van der Waals surface area contributed by atoms with E-state index in [9.17, 15) is 0 Å². The van der Waals surface area contributed by atoms with Crippen molar-refractivity contribution in [2.24, 2.45) is 9.98 Å². The molecular weight excluding hydrogens is 428 g/mol. The molecule has 1 saturated carbocycles. The fourth-order valence-electron chi connectivity index (χ4n) is 4.52. The van der Waals surface area contributed by atoms with Crippen molar-refractivity contribution < 1.29 is 0 Å². The molecule has 0 amide bonds. The highest BCUT2D eigenvalue weighted by Crippen LogP contribution is 2.42. The molecule has 1 aliphatic heterocycles. The molecule has 2 aromatic carbocycles. The molecule has 32 heavy (non-hydrogen) atoms. The van der Waals surface area contributed by atoms with Crippen LogP contribution in [0.5, 0.6) is 0 Å². The van der Waals surface area contributed by atoms with Gasteiger partial charge < -0.3 is 0 Å².